The van der Waals surface area contributed by atoms with Gasteiger partial charge in [-0.25, -0.2) is 18.4 Å². The Kier molecular flexibility index (Phi) is 8.84. The fraction of sp³-hybridized carbons (Fsp3) is 0.406. The zero-order chi connectivity index (χ0) is 31.7. The van der Waals surface area contributed by atoms with E-state index in [1.165, 1.54) is 18.2 Å². The Balaban J connectivity index is 1.76. The molecule has 230 valence electrons. The third-order valence-electron chi connectivity index (χ3n) is 6.70. The number of piperidine rings is 1. The molecule has 2 amide bonds. The quantitative estimate of drug-likeness (QED) is 0.316. The van der Waals surface area contributed by atoms with Crippen LogP contribution in [0.4, 0.5) is 13.6 Å². The largest absolute Gasteiger partial charge is 0.477 e. The van der Waals surface area contributed by atoms with E-state index in [2.05, 4.69) is 5.32 Å². The smallest absolute Gasteiger partial charge is 0.410 e. The first-order valence-electron chi connectivity index (χ1n) is 14.0. The first-order valence-corrected chi connectivity index (χ1v) is 14.0. The highest BCUT2D eigenvalue weighted by Gasteiger charge is 2.35. The molecule has 9 nitrogen and oxygen atoms in total. The number of aromatic nitrogens is 1. The second kappa shape index (κ2) is 12.1. The van der Waals surface area contributed by atoms with Crippen LogP contribution in [0.15, 0.2) is 48.7 Å². The van der Waals surface area contributed by atoms with Crippen LogP contribution in [0.1, 0.15) is 81.3 Å². The molecule has 0 bridgehead atoms. The summed E-state index contributed by atoms with van der Waals surface area (Å²) in [7, 11) is 0. The number of amides is 2. The number of carboxylic acids is 1. The molecular formula is C32H37F2N3O6. The normalized spacial score (nSPS) is 15.6. The first kappa shape index (κ1) is 31.5. The van der Waals surface area contributed by atoms with Gasteiger partial charge in [-0.3, -0.25) is 4.79 Å². The number of carbonyl (C=O) groups excluding carboxylic acids is 2. The van der Waals surface area contributed by atoms with E-state index in [1.807, 2.05) is 0 Å². The number of para-hydroxylation sites is 1. The number of likely N-dealkylation sites (tertiary alicyclic amines) is 1. The van der Waals surface area contributed by atoms with Gasteiger partial charge in [-0.1, -0.05) is 18.2 Å². The van der Waals surface area contributed by atoms with Crippen molar-refractivity contribution in [1.29, 1.82) is 0 Å². The molecule has 0 aliphatic carbocycles. The van der Waals surface area contributed by atoms with Crippen LogP contribution in [0.2, 0.25) is 0 Å². The van der Waals surface area contributed by atoms with Crippen molar-refractivity contribution in [3.05, 3.63) is 71.6 Å². The Hall–Kier alpha value is -4.41. The topological polar surface area (TPSA) is 110 Å². The summed E-state index contributed by atoms with van der Waals surface area (Å²) in [6, 6.07) is 9.09. The lowest BCUT2D eigenvalue weighted by Crippen LogP contribution is -2.44. The minimum Gasteiger partial charge on any atom is -0.477 e. The third kappa shape index (κ3) is 7.52. The first-order chi connectivity index (χ1) is 20.0. The van der Waals surface area contributed by atoms with E-state index in [9.17, 15) is 28.3 Å². The molecule has 1 aromatic heterocycles. The molecule has 1 atom stereocenters. The Morgan fingerprint density at radius 3 is 2.16 bits per heavy atom. The van der Waals surface area contributed by atoms with Gasteiger partial charge in [0, 0.05) is 30.4 Å². The lowest BCUT2D eigenvalue weighted by molar-refractivity contribution is 0.0171. The highest BCUT2D eigenvalue weighted by Crippen LogP contribution is 2.36. The molecule has 3 aromatic rings. The molecule has 4 rings (SSSR count). The number of halogens is 2. The Morgan fingerprint density at radius 2 is 1.60 bits per heavy atom. The number of rotatable bonds is 6. The van der Waals surface area contributed by atoms with Gasteiger partial charge in [0.25, 0.3) is 5.91 Å². The maximum atomic E-state index is 14.1. The molecule has 43 heavy (non-hydrogen) atoms. The summed E-state index contributed by atoms with van der Waals surface area (Å²) in [4.78, 5) is 40.7. The zero-order valence-electron chi connectivity index (χ0n) is 25.2. The Morgan fingerprint density at radius 1 is 0.977 bits per heavy atom. The number of carbonyl (C=O) groups is 3. The second-order valence-electron chi connectivity index (χ2n) is 12.6. The lowest BCUT2D eigenvalue weighted by atomic mass is 10.0. The standard InChI is InChI=1S/C32H37F2N3O6/c1-31(2,3)35-28(38)25-22(19-12-14-21(15-13-19)42-27-23(33)10-7-11-24(27)34)18-37(26(25)29(39)40)20-9-8-16-36(17-20)30(41)43-32(4,5)6/h7,10-15,18,20H,8-9,16-17H2,1-6H3,(H,35,38)(H,39,40)/t20-/m1/s1. The van der Waals surface area contributed by atoms with Crippen LogP contribution in [0.5, 0.6) is 11.5 Å². The molecule has 0 radical (unpaired) electrons. The van der Waals surface area contributed by atoms with Gasteiger partial charge in [0.05, 0.1) is 11.6 Å². The van der Waals surface area contributed by atoms with Gasteiger partial charge in [0.15, 0.2) is 17.4 Å². The Bertz CT molecular complexity index is 1500. The van der Waals surface area contributed by atoms with E-state index in [0.29, 0.717) is 30.5 Å². The van der Waals surface area contributed by atoms with Gasteiger partial charge < -0.3 is 29.4 Å². The number of hydrogen-bond acceptors (Lipinski definition) is 5. The maximum absolute atomic E-state index is 14.1. The lowest BCUT2D eigenvalue weighted by Gasteiger charge is -2.35. The number of benzene rings is 2. The maximum Gasteiger partial charge on any atom is 0.410 e. The van der Waals surface area contributed by atoms with E-state index in [-0.39, 0.29) is 23.6 Å². The number of nitrogens with one attached hydrogen (secondary N) is 1. The molecule has 1 saturated heterocycles. The minimum atomic E-state index is -1.30. The van der Waals surface area contributed by atoms with Crippen LogP contribution in [-0.2, 0) is 4.74 Å². The minimum absolute atomic E-state index is 0.0365. The summed E-state index contributed by atoms with van der Waals surface area (Å²) >= 11 is 0. The summed E-state index contributed by atoms with van der Waals surface area (Å²) in [5.74, 6) is -4.00. The highest BCUT2D eigenvalue weighted by atomic mass is 19.1. The number of aromatic carboxylic acids is 1. The van der Waals surface area contributed by atoms with E-state index in [1.54, 1.807) is 69.3 Å². The van der Waals surface area contributed by atoms with Crippen molar-refractivity contribution < 1.29 is 37.7 Å². The molecule has 2 heterocycles. The molecule has 0 saturated carbocycles. The summed E-state index contributed by atoms with van der Waals surface area (Å²) in [6.07, 6.45) is 2.30. The highest BCUT2D eigenvalue weighted by molar-refractivity contribution is 6.09. The van der Waals surface area contributed by atoms with Crippen LogP contribution in [-0.4, -0.2) is 56.8 Å². The van der Waals surface area contributed by atoms with Crippen molar-refractivity contribution in [3.63, 3.8) is 0 Å². The average Bonchev–Trinajstić information content (AvgIpc) is 3.31. The fourth-order valence-corrected chi connectivity index (χ4v) is 4.96. The molecule has 0 unspecified atom stereocenters. The van der Waals surface area contributed by atoms with Crippen molar-refractivity contribution in [1.82, 2.24) is 14.8 Å². The fourth-order valence-electron chi connectivity index (χ4n) is 4.96. The molecule has 1 fully saturated rings. The van der Waals surface area contributed by atoms with Crippen LogP contribution < -0.4 is 10.1 Å². The van der Waals surface area contributed by atoms with Gasteiger partial charge in [0.2, 0.25) is 0 Å². The number of ether oxygens (including phenoxy) is 2. The number of nitrogens with zero attached hydrogens (tertiary/aromatic N) is 2. The summed E-state index contributed by atoms with van der Waals surface area (Å²) in [5.41, 5.74) is -0.763. The van der Waals surface area contributed by atoms with Crippen LogP contribution in [0, 0.1) is 11.6 Å². The molecule has 1 aliphatic heterocycles. The van der Waals surface area contributed by atoms with E-state index < -0.39 is 52.5 Å². The second-order valence-corrected chi connectivity index (χ2v) is 12.6. The van der Waals surface area contributed by atoms with Crippen molar-refractivity contribution >= 4 is 18.0 Å². The summed E-state index contributed by atoms with van der Waals surface area (Å²) in [5, 5.41) is 13.2. The molecule has 2 N–H and O–H groups in total. The van der Waals surface area contributed by atoms with E-state index in [4.69, 9.17) is 9.47 Å². The molecule has 2 aromatic carbocycles. The number of hydrogen-bond donors (Lipinski definition) is 2. The molecular weight excluding hydrogens is 560 g/mol. The zero-order valence-corrected chi connectivity index (χ0v) is 25.2. The predicted octanol–water partition coefficient (Wildman–Crippen LogP) is 7.02. The Labute approximate surface area is 249 Å². The third-order valence-corrected chi connectivity index (χ3v) is 6.70. The molecule has 0 spiro atoms. The SMILES string of the molecule is CC(C)(C)NC(=O)c1c(-c2ccc(Oc3c(F)cccc3F)cc2)cn([C@@H]2CCCN(C(=O)OC(C)(C)C)C2)c1C(=O)O. The summed E-state index contributed by atoms with van der Waals surface area (Å²) < 4.78 is 40.7. The van der Waals surface area contributed by atoms with Crippen molar-refractivity contribution in [2.24, 2.45) is 0 Å². The van der Waals surface area contributed by atoms with Gasteiger partial charge >= 0.3 is 12.1 Å². The van der Waals surface area contributed by atoms with Crippen molar-refractivity contribution in [2.45, 2.75) is 71.6 Å². The van der Waals surface area contributed by atoms with Crippen LogP contribution >= 0.6 is 0 Å². The molecule has 11 heteroatoms. The van der Waals surface area contributed by atoms with Crippen LogP contribution in [0.3, 0.4) is 0 Å². The van der Waals surface area contributed by atoms with Crippen molar-refractivity contribution in [2.75, 3.05) is 13.1 Å². The van der Waals surface area contributed by atoms with Crippen LogP contribution in [0.25, 0.3) is 11.1 Å². The number of carboxylic acid groups (broad SMARTS) is 1. The van der Waals surface area contributed by atoms with E-state index in [0.717, 1.165) is 12.1 Å². The van der Waals surface area contributed by atoms with E-state index >= 15 is 0 Å². The van der Waals surface area contributed by atoms with Gasteiger partial charge in [0.1, 0.15) is 17.0 Å². The summed E-state index contributed by atoms with van der Waals surface area (Å²) in [6.45, 7) is 11.3. The average molecular weight is 598 g/mol. The van der Waals surface area contributed by atoms with Gasteiger partial charge in [-0.05, 0) is 84.2 Å². The van der Waals surface area contributed by atoms with Gasteiger partial charge in [-0.2, -0.15) is 0 Å². The monoisotopic (exact) mass is 597 g/mol. The predicted molar refractivity (Wildman–Crippen MR) is 157 cm³/mol. The van der Waals surface area contributed by atoms with Gasteiger partial charge in [-0.15, -0.1) is 0 Å². The molecule has 1 aliphatic rings. The van der Waals surface area contributed by atoms with Crippen molar-refractivity contribution in [3.8, 4) is 22.6 Å².